The topological polar surface area (TPSA) is 135 Å². The van der Waals surface area contributed by atoms with Crippen molar-refractivity contribution in [3.63, 3.8) is 0 Å². The Balaban J connectivity index is 5.62. The lowest BCUT2D eigenvalue weighted by molar-refractivity contribution is -0.135. The molecule has 0 heterocycles. The van der Waals surface area contributed by atoms with Crippen LogP contribution >= 0.6 is 0 Å². The molecule has 1 unspecified atom stereocenters. The van der Waals surface area contributed by atoms with E-state index in [-0.39, 0.29) is 60.9 Å². The Labute approximate surface area is 192 Å². The first-order valence-corrected chi connectivity index (χ1v) is 11.7. The number of likely N-dealkylation sites (N-methyl/N-ethyl adjacent to an activating group) is 1. The lowest BCUT2D eigenvalue weighted by Crippen LogP contribution is -2.49. The van der Waals surface area contributed by atoms with E-state index < -0.39 is 29.7 Å². The molecule has 0 radical (unpaired) electrons. The summed E-state index contributed by atoms with van der Waals surface area (Å²) in [4.78, 5) is 62.1. The molecule has 4 N–H and O–H groups in total. The van der Waals surface area contributed by atoms with Crippen molar-refractivity contribution in [1.29, 1.82) is 0 Å². The maximum absolute atomic E-state index is 13.1. The number of Topliss-reactive ketones (excluding diaryl/α,β-unsaturated/α-hetero) is 3. The zero-order valence-corrected chi connectivity index (χ0v) is 20.8. The molecule has 0 rings (SSSR count). The van der Waals surface area contributed by atoms with E-state index in [1.165, 1.54) is 6.92 Å². The first-order valence-electron chi connectivity index (χ1n) is 11.7. The molecule has 184 valence electrons. The fourth-order valence-corrected chi connectivity index (χ4v) is 3.86. The minimum Gasteiger partial charge on any atom is -0.370 e. The van der Waals surface area contributed by atoms with Gasteiger partial charge in [-0.25, -0.2) is 0 Å². The van der Waals surface area contributed by atoms with Gasteiger partial charge in [0, 0.05) is 31.1 Å². The Morgan fingerprint density at radius 1 is 0.906 bits per heavy atom. The van der Waals surface area contributed by atoms with Crippen molar-refractivity contribution in [3.8, 4) is 0 Å². The lowest BCUT2D eigenvalue weighted by atomic mass is 9.83. The molecule has 0 aliphatic rings. The maximum Gasteiger partial charge on any atom is 0.224 e. The normalized spacial score (nSPS) is 16.0. The molecule has 8 heteroatoms. The van der Waals surface area contributed by atoms with Crippen molar-refractivity contribution >= 4 is 29.2 Å². The number of nitrogens with two attached hydrogens (primary N) is 1. The molecule has 0 aromatic heterocycles. The van der Waals surface area contributed by atoms with Gasteiger partial charge in [-0.3, -0.25) is 24.0 Å². The van der Waals surface area contributed by atoms with E-state index in [2.05, 4.69) is 10.6 Å². The van der Waals surface area contributed by atoms with Crippen LogP contribution in [0.5, 0.6) is 0 Å². The van der Waals surface area contributed by atoms with Crippen molar-refractivity contribution in [2.24, 2.45) is 29.4 Å². The monoisotopic (exact) mass is 453 g/mol. The first kappa shape index (κ1) is 29.9. The van der Waals surface area contributed by atoms with Gasteiger partial charge >= 0.3 is 0 Å². The van der Waals surface area contributed by atoms with E-state index >= 15 is 0 Å². The summed E-state index contributed by atoms with van der Waals surface area (Å²) in [5, 5.41) is 5.76. The van der Waals surface area contributed by atoms with Crippen LogP contribution in [0, 0.1) is 23.7 Å². The average Bonchev–Trinajstić information content (AvgIpc) is 2.72. The summed E-state index contributed by atoms with van der Waals surface area (Å²) in [6.07, 6.45) is 1.37. The summed E-state index contributed by atoms with van der Waals surface area (Å²) >= 11 is 0. The minimum atomic E-state index is -0.759. The summed E-state index contributed by atoms with van der Waals surface area (Å²) in [6.45, 7) is 10.9. The lowest BCUT2D eigenvalue weighted by Gasteiger charge is -2.28. The Bertz CT molecular complexity index is 658. The van der Waals surface area contributed by atoms with Gasteiger partial charge in [-0.1, -0.05) is 41.0 Å². The highest BCUT2D eigenvalue weighted by Gasteiger charge is 2.33. The van der Waals surface area contributed by atoms with Crippen LogP contribution in [-0.4, -0.2) is 48.3 Å². The molecule has 0 aliphatic carbocycles. The number of rotatable bonds is 17. The molecule has 32 heavy (non-hydrogen) atoms. The molecule has 5 atom stereocenters. The highest BCUT2D eigenvalue weighted by Crippen LogP contribution is 2.22. The van der Waals surface area contributed by atoms with Crippen LogP contribution in [0.1, 0.15) is 80.1 Å². The largest absolute Gasteiger partial charge is 0.370 e. The Morgan fingerprint density at radius 2 is 1.50 bits per heavy atom. The van der Waals surface area contributed by atoms with E-state index in [1.54, 1.807) is 7.05 Å². The van der Waals surface area contributed by atoms with Gasteiger partial charge in [0.05, 0.1) is 12.1 Å². The number of ketones is 3. The molecule has 0 fully saturated rings. The maximum atomic E-state index is 13.1. The summed E-state index contributed by atoms with van der Waals surface area (Å²) in [6, 6.07) is -1.14. The second-order valence-electron chi connectivity index (χ2n) is 9.13. The Morgan fingerprint density at radius 3 is 1.91 bits per heavy atom. The highest BCUT2D eigenvalue weighted by molar-refractivity contribution is 5.95. The summed E-state index contributed by atoms with van der Waals surface area (Å²) in [7, 11) is 1.68. The minimum absolute atomic E-state index is 0.0122. The van der Waals surface area contributed by atoms with Crippen LogP contribution < -0.4 is 16.4 Å². The van der Waals surface area contributed by atoms with Crippen molar-refractivity contribution in [2.45, 2.75) is 92.2 Å². The van der Waals surface area contributed by atoms with Crippen molar-refractivity contribution < 1.29 is 24.0 Å². The van der Waals surface area contributed by atoms with Crippen molar-refractivity contribution in [3.05, 3.63) is 0 Å². The number of primary amides is 1. The average molecular weight is 454 g/mol. The molecule has 8 nitrogen and oxygen atoms in total. The predicted molar refractivity (Wildman–Crippen MR) is 125 cm³/mol. The molecular formula is C24H43N3O5. The van der Waals surface area contributed by atoms with Crippen molar-refractivity contribution in [2.75, 3.05) is 7.05 Å². The summed E-state index contributed by atoms with van der Waals surface area (Å²) < 4.78 is 0. The molecule has 0 aliphatic heterocycles. The fourth-order valence-electron chi connectivity index (χ4n) is 3.86. The molecule has 0 bridgehead atoms. The third-order valence-corrected chi connectivity index (χ3v) is 6.31. The third kappa shape index (κ3) is 10.0. The molecule has 2 amide bonds. The number of amides is 2. The van der Waals surface area contributed by atoms with Gasteiger partial charge in [0.1, 0.15) is 5.78 Å². The Hall–Kier alpha value is -2.09. The predicted octanol–water partition coefficient (Wildman–Crippen LogP) is 2.18. The van der Waals surface area contributed by atoms with Gasteiger partial charge < -0.3 is 16.4 Å². The second kappa shape index (κ2) is 14.9. The van der Waals surface area contributed by atoms with Crippen LogP contribution in [0.2, 0.25) is 0 Å². The number of carbonyl (C=O) groups excluding carboxylic acids is 5. The van der Waals surface area contributed by atoms with Gasteiger partial charge in [-0.2, -0.15) is 0 Å². The molecule has 0 saturated heterocycles. The molecule has 0 aromatic rings. The first-order chi connectivity index (χ1) is 14.9. The fraction of sp³-hybridized carbons (Fsp3) is 0.792. The zero-order valence-electron chi connectivity index (χ0n) is 20.8. The van der Waals surface area contributed by atoms with Crippen LogP contribution in [0.15, 0.2) is 0 Å². The smallest absolute Gasteiger partial charge is 0.224 e. The van der Waals surface area contributed by atoms with Gasteiger partial charge in [0.25, 0.3) is 0 Å². The zero-order chi connectivity index (χ0) is 25.0. The molecular weight excluding hydrogens is 410 g/mol. The number of hydrogen-bond donors (Lipinski definition) is 3. The van der Waals surface area contributed by atoms with Crippen LogP contribution in [0.4, 0.5) is 0 Å². The van der Waals surface area contributed by atoms with Crippen LogP contribution in [-0.2, 0) is 24.0 Å². The van der Waals surface area contributed by atoms with E-state index in [4.69, 9.17) is 5.73 Å². The molecule has 0 aromatic carbocycles. The van der Waals surface area contributed by atoms with Crippen LogP contribution in [0.3, 0.4) is 0 Å². The van der Waals surface area contributed by atoms with Gasteiger partial charge in [0.15, 0.2) is 11.6 Å². The van der Waals surface area contributed by atoms with E-state index in [0.717, 1.165) is 0 Å². The van der Waals surface area contributed by atoms with Crippen LogP contribution in [0.25, 0.3) is 0 Å². The molecule has 0 saturated carbocycles. The second-order valence-corrected chi connectivity index (χ2v) is 9.13. The summed E-state index contributed by atoms with van der Waals surface area (Å²) in [5.41, 5.74) is 5.26. The summed E-state index contributed by atoms with van der Waals surface area (Å²) in [5.74, 6) is -2.64. The third-order valence-electron chi connectivity index (χ3n) is 6.31. The highest BCUT2D eigenvalue weighted by atomic mass is 16.2. The standard InChI is InChI=1S/C24H43N3O5/c1-8-15(5)23(21(30)13-18(14(3)4)16(6)28)27-24(32)17(10-11-22(25)31)12-20(29)19(9-2)26-7/h14-15,17-19,23,26H,8-13H2,1-7H3,(H2,25,31)(H,27,32)/t15?,17-,18+,19+,23+/m1/s1. The number of nitrogens with one attached hydrogen (secondary N) is 2. The molecule has 0 spiro atoms. The van der Waals surface area contributed by atoms with E-state index in [0.29, 0.717) is 12.8 Å². The Kier molecular flexibility index (Phi) is 13.9. The van der Waals surface area contributed by atoms with E-state index in [1.807, 2.05) is 34.6 Å². The van der Waals surface area contributed by atoms with Gasteiger partial charge in [-0.15, -0.1) is 0 Å². The quantitative estimate of drug-likeness (QED) is 0.309. The SMILES string of the molecule is CCC(C)[C@H](NC(=O)[C@H](CCC(N)=O)CC(=O)[C@H](CC)NC)C(=O)C[C@H](C(C)=O)C(C)C. The van der Waals surface area contributed by atoms with Gasteiger partial charge in [0.2, 0.25) is 11.8 Å². The number of hydrogen-bond acceptors (Lipinski definition) is 6. The van der Waals surface area contributed by atoms with Crippen molar-refractivity contribution in [1.82, 2.24) is 10.6 Å². The van der Waals surface area contributed by atoms with E-state index in [9.17, 15) is 24.0 Å². The number of carbonyl (C=O) groups is 5. The van der Waals surface area contributed by atoms with Gasteiger partial charge in [-0.05, 0) is 38.6 Å².